The van der Waals surface area contributed by atoms with Gasteiger partial charge < -0.3 is 21.5 Å². The lowest BCUT2D eigenvalue weighted by Gasteiger charge is -2.28. The van der Waals surface area contributed by atoms with Crippen LogP contribution in [0.15, 0.2) is 36.4 Å². The molecular formula is C27H39N5. The number of benzene rings is 1. The highest BCUT2D eigenvalue weighted by atomic mass is 15.0. The summed E-state index contributed by atoms with van der Waals surface area (Å²) in [5, 5.41) is 24.9. The van der Waals surface area contributed by atoms with Crippen molar-refractivity contribution >= 4 is 28.1 Å². The average Bonchev–Trinajstić information content (AvgIpc) is 2.81. The Balaban J connectivity index is 1.74. The largest absolute Gasteiger partial charge is 0.369 e. The molecule has 1 aliphatic rings. The molecule has 1 unspecified atom stereocenters. The van der Waals surface area contributed by atoms with Gasteiger partial charge in [0.15, 0.2) is 0 Å². The zero-order valence-corrected chi connectivity index (χ0v) is 19.9. The summed E-state index contributed by atoms with van der Waals surface area (Å²) in [7, 11) is 0. The summed E-state index contributed by atoms with van der Waals surface area (Å²) in [5.74, 6) is 0.756. The Hall–Kier alpha value is -2.53. The van der Waals surface area contributed by atoms with E-state index in [1.54, 1.807) is 12.2 Å². The molecule has 0 aliphatic heterocycles. The number of rotatable bonds is 11. The SMILES string of the molecule is CCC(=N)C=CC(=N)c1cc2cc(C)ccc2nc1NCCC(CC)NC1CCCCC1. The lowest BCUT2D eigenvalue weighted by atomic mass is 9.94. The van der Waals surface area contributed by atoms with Crippen LogP contribution in [-0.4, -0.2) is 35.0 Å². The van der Waals surface area contributed by atoms with Crippen LogP contribution in [0.4, 0.5) is 5.82 Å². The molecule has 0 saturated heterocycles. The van der Waals surface area contributed by atoms with Gasteiger partial charge in [-0.2, -0.15) is 0 Å². The summed E-state index contributed by atoms with van der Waals surface area (Å²) in [6.45, 7) is 7.10. The van der Waals surface area contributed by atoms with Gasteiger partial charge in [-0.05, 0) is 69.4 Å². The summed E-state index contributed by atoms with van der Waals surface area (Å²) >= 11 is 0. The first-order chi connectivity index (χ1) is 15.5. The van der Waals surface area contributed by atoms with Crippen LogP contribution in [0, 0.1) is 17.7 Å². The molecule has 1 fully saturated rings. The zero-order chi connectivity index (χ0) is 22.9. The van der Waals surface area contributed by atoms with Gasteiger partial charge in [0, 0.05) is 35.3 Å². The number of hydrogen-bond acceptors (Lipinski definition) is 5. The van der Waals surface area contributed by atoms with Gasteiger partial charge in [0.2, 0.25) is 0 Å². The summed E-state index contributed by atoms with van der Waals surface area (Å²) in [5.41, 5.74) is 3.81. The quantitative estimate of drug-likeness (QED) is 0.309. The maximum absolute atomic E-state index is 8.62. The minimum Gasteiger partial charge on any atom is -0.369 e. The van der Waals surface area contributed by atoms with Crippen LogP contribution in [0.1, 0.15) is 76.3 Å². The van der Waals surface area contributed by atoms with Crippen molar-refractivity contribution in [3.05, 3.63) is 47.5 Å². The first kappa shape index (κ1) is 24.1. The number of nitrogens with one attached hydrogen (secondary N) is 4. The molecule has 1 atom stereocenters. The Labute approximate surface area is 193 Å². The monoisotopic (exact) mass is 433 g/mol. The Morgan fingerprint density at radius 3 is 2.62 bits per heavy atom. The van der Waals surface area contributed by atoms with E-state index in [0.29, 0.717) is 29.9 Å². The lowest BCUT2D eigenvalue weighted by Crippen LogP contribution is -2.40. The maximum Gasteiger partial charge on any atom is 0.136 e. The molecule has 3 rings (SSSR count). The van der Waals surface area contributed by atoms with E-state index in [9.17, 15) is 0 Å². The van der Waals surface area contributed by atoms with Crippen LogP contribution >= 0.6 is 0 Å². The Morgan fingerprint density at radius 2 is 1.91 bits per heavy atom. The number of pyridine rings is 1. The maximum atomic E-state index is 8.62. The fourth-order valence-corrected chi connectivity index (χ4v) is 4.40. The molecule has 32 heavy (non-hydrogen) atoms. The van der Waals surface area contributed by atoms with E-state index in [1.165, 1.54) is 37.7 Å². The molecular weight excluding hydrogens is 394 g/mol. The van der Waals surface area contributed by atoms with Crippen molar-refractivity contribution in [2.24, 2.45) is 0 Å². The van der Waals surface area contributed by atoms with E-state index in [2.05, 4.69) is 42.7 Å². The lowest BCUT2D eigenvalue weighted by molar-refractivity contribution is 0.325. The van der Waals surface area contributed by atoms with Crippen molar-refractivity contribution in [2.45, 2.75) is 84.2 Å². The topological polar surface area (TPSA) is 84.7 Å². The number of nitrogens with zero attached hydrogens (tertiary/aromatic N) is 1. The molecule has 0 bridgehead atoms. The highest BCUT2D eigenvalue weighted by Crippen LogP contribution is 2.23. The summed E-state index contributed by atoms with van der Waals surface area (Å²) in [6.07, 6.45) is 12.9. The second-order valence-electron chi connectivity index (χ2n) is 9.03. The third kappa shape index (κ3) is 6.73. The molecule has 0 radical (unpaired) electrons. The molecule has 4 N–H and O–H groups in total. The van der Waals surface area contributed by atoms with Gasteiger partial charge in [0.25, 0.3) is 0 Å². The minimum atomic E-state index is 0.383. The third-order valence-corrected chi connectivity index (χ3v) is 6.45. The van der Waals surface area contributed by atoms with Gasteiger partial charge in [-0.3, -0.25) is 0 Å². The van der Waals surface area contributed by atoms with Crippen molar-refractivity contribution in [1.29, 1.82) is 10.8 Å². The number of hydrogen-bond donors (Lipinski definition) is 4. The highest BCUT2D eigenvalue weighted by molar-refractivity contribution is 6.13. The van der Waals surface area contributed by atoms with Crippen molar-refractivity contribution < 1.29 is 0 Å². The van der Waals surface area contributed by atoms with E-state index >= 15 is 0 Å². The number of fused-ring (bicyclic) bond motifs is 1. The van der Waals surface area contributed by atoms with Crippen LogP contribution in [-0.2, 0) is 0 Å². The smallest absolute Gasteiger partial charge is 0.136 e. The Bertz CT molecular complexity index is 956. The number of aromatic nitrogens is 1. The predicted octanol–water partition coefficient (Wildman–Crippen LogP) is 6.40. The van der Waals surface area contributed by atoms with Crippen LogP contribution in [0.25, 0.3) is 10.9 Å². The molecule has 1 aromatic heterocycles. The molecule has 5 nitrogen and oxygen atoms in total. The molecule has 2 aromatic rings. The van der Waals surface area contributed by atoms with E-state index in [1.807, 2.05) is 13.0 Å². The zero-order valence-electron chi connectivity index (χ0n) is 19.9. The number of aryl methyl sites for hydroxylation is 1. The molecule has 1 heterocycles. The minimum absolute atomic E-state index is 0.383. The number of anilines is 1. The van der Waals surface area contributed by atoms with Gasteiger partial charge in [-0.15, -0.1) is 0 Å². The Morgan fingerprint density at radius 1 is 1.12 bits per heavy atom. The first-order valence-electron chi connectivity index (χ1n) is 12.3. The van der Waals surface area contributed by atoms with Crippen LogP contribution < -0.4 is 10.6 Å². The Kier molecular flexibility index (Phi) is 8.98. The molecule has 0 spiro atoms. The van der Waals surface area contributed by atoms with E-state index < -0.39 is 0 Å². The second kappa shape index (κ2) is 11.9. The van der Waals surface area contributed by atoms with Gasteiger partial charge in [0.05, 0.1) is 11.2 Å². The normalized spacial score (nSPS) is 15.8. The highest BCUT2D eigenvalue weighted by Gasteiger charge is 2.17. The van der Waals surface area contributed by atoms with Crippen molar-refractivity contribution in [1.82, 2.24) is 10.3 Å². The average molecular weight is 434 g/mol. The predicted molar refractivity (Wildman–Crippen MR) is 138 cm³/mol. The summed E-state index contributed by atoms with van der Waals surface area (Å²) in [6, 6.07) is 9.46. The first-order valence-corrected chi connectivity index (χ1v) is 12.3. The summed E-state index contributed by atoms with van der Waals surface area (Å²) in [4.78, 5) is 4.86. The van der Waals surface area contributed by atoms with Gasteiger partial charge in [-0.1, -0.05) is 44.7 Å². The van der Waals surface area contributed by atoms with Gasteiger partial charge in [-0.25, -0.2) is 4.98 Å². The molecule has 5 heteroatoms. The standard InChI is InChI=1S/C27H39N5/c1-4-21(28)12-13-25(29)24-18-20-17-19(3)11-14-26(20)32-27(24)30-16-15-22(5-2)31-23-9-7-6-8-10-23/h11-14,17-18,22-23,28-29,31H,4-10,15-16H2,1-3H3,(H,30,32). The number of allylic oxidation sites excluding steroid dienone is 2. The van der Waals surface area contributed by atoms with Crippen LogP contribution in [0.2, 0.25) is 0 Å². The second-order valence-corrected chi connectivity index (χ2v) is 9.03. The van der Waals surface area contributed by atoms with E-state index in [0.717, 1.165) is 41.7 Å². The van der Waals surface area contributed by atoms with Crippen molar-refractivity contribution in [3.63, 3.8) is 0 Å². The van der Waals surface area contributed by atoms with Crippen LogP contribution in [0.5, 0.6) is 0 Å². The molecule has 0 amide bonds. The fourth-order valence-electron chi connectivity index (χ4n) is 4.40. The van der Waals surface area contributed by atoms with E-state index in [-0.39, 0.29) is 0 Å². The summed E-state index contributed by atoms with van der Waals surface area (Å²) < 4.78 is 0. The van der Waals surface area contributed by atoms with Crippen LogP contribution in [0.3, 0.4) is 0 Å². The van der Waals surface area contributed by atoms with Crippen molar-refractivity contribution in [2.75, 3.05) is 11.9 Å². The third-order valence-electron chi connectivity index (χ3n) is 6.45. The molecule has 1 aliphatic carbocycles. The van der Waals surface area contributed by atoms with E-state index in [4.69, 9.17) is 15.8 Å². The van der Waals surface area contributed by atoms with Gasteiger partial charge in [0.1, 0.15) is 5.82 Å². The molecule has 1 aromatic carbocycles. The fraction of sp³-hybridized carbons (Fsp3) is 0.519. The molecule has 172 valence electrons. The van der Waals surface area contributed by atoms with Crippen molar-refractivity contribution in [3.8, 4) is 0 Å². The van der Waals surface area contributed by atoms with Gasteiger partial charge >= 0.3 is 0 Å². The molecule has 1 saturated carbocycles.